The van der Waals surface area contributed by atoms with Gasteiger partial charge in [-0.25, -0.2) is 0 Å². The summed E-state index contributed by atoms with van der Waals surface area (Å²) in [6, 6.07) is 7.56. The molecule has 2 N–H and O–H groups in total. The lowest BCUT2D eigenvalue weighted by Crippen LogP contribution is -1.95. The van der Waals surface area contributed by atoms with E-state index in [9.17, 15) is 0 Å². The molecule has 1 heterocycles. The maximum Gasteiger partial charge on any atom is 0.260 e. The number of nitrogens with two attached hydrogens (primary N) is 1. The third kappa shape index (κ3) is 1.90. The average molecular weight is 229 g/mol. The van der Waals surface area contributed by atoms with Crippen LogP contribution in [0.4, 0.5) is 5.69 Å². The van der Waals surface area contributed by atoms with Crippen molar-refractivity contribution < 1.29 is 4.52 Å². The lowest BCUT2D eigenvalue weighted by atomic mass is 10.1. The maximum absolute atomic E-state index is 5.89. The van der Waals surface area contributed by atoms with Gasteiger partial charge in [-0.05, 0) is 25.0 Å². The van der Waals surface area contributed by atoms with Crippen molar-refractivity contribution in [2.75, 3.05) is 5.73 Å². The Morgan fingerprint density at radius 1 is 1.18 bits per heavy atom. The van der Waals surface area contributed by atoms with Crippen molar-refractivity contribution in [3.8, 4) is 11.5 Å². The second-order valence-electron chi connectivity index (χ2n) is 4.53. The molecule has 1 saturated carbocycles. The first-order chi connectivity index (χ1) is 8.34. The molecule has 2 aromatic rings. The van der Waals surface area contributed by atoms with Gasteiger partial charge in [0.15, 0.2) is 5.82 Å². The van der Waals surface area contributed by atoms with E-state index < -0.39 is 0 Å². The molecule has 4 nitrogen and oxygen atoms in total. The van der Waals surface area contributed by atoms with Crippen LogP contribution in [0.1, 0.15) is 37.4 Å². The predicted molar refractivity (Wildman–Crippen MR) is 65.4 cm³/mol. The zero-order valence-corrected chi connectivity index (χ0v) is 9.60. The van der Waals surface area contributed by atoms with E-state index in [1.807, 2.05) is 24.3 Å². The molecule has 0 aliphatic heterocycles. The first-order valence-electron chi connectivity index (χ1n) is 6.03. The normalized spacial score (nSPS) is 16.5. The summed E-state index contributed by atoms with van der Waals surface area (Å²) < 4.78 is 5.30. The fourth-order valence-electron chi connectivity index (χ4n) is 2.39. The molecule has 1 aliphatic rings. The van der Waals surface area contributed by atoms with Gasteiger partial charge >= 0.3 is 0 Å². The summed E-state index contributed by atoms with van der Waals surface area (Å²) in [4.78, 5) is 4.47. The largest absolute Gasteiger partial charge is 0.398 e. The number of rotatable bonds is 2. The quantitative estimate of drug-likeness (QED) is 0.804. The van der Waals surface area contributed by atoms with E-state index in [0.717, 1.165) is 11.4 Å². The van der Waals surface area contributed by atoms with Crippen LogP contribution in [0.2, 0.25) is 0 Å². The van der Waals surface area contributed by atoms with Crippen LogP contribution in [-0.4, -0.2) is 10.1 Å². The lowest BCUT2D eigenvalue weighted by Gasteiger charge is -2.00. The van der Waals surface area contributed by atoms with Crippen molar-refractivity contribution in [3.63, 3.8) is 0 Å². The highest BCUT2D eigenvalue weighted by atomic mass is 16.5. The van der Waals surface area contributed by atoms with Crippen molar-refractivity contribution in [2.45, 2.75) is 31.6 Å². The van der Waals surface area contributed by atoms with Crippen LogP contribution in [-0.2, 0) is 0 Å². The third-order valence-electron chi connectivity index (χ3n) is 3.35. The summed E-state index contributed by atoms with van der Waals surface area (Å²) in [5.74, 6) is 1.84. The second-order valence-corrected chi connectivity index (χ2v) is 4.53. The van der Waals surface area contributed by atoms with Gasteiger partial charge in [0.25, 0.3) is 5.89 Å². The molecule has 17 heavy (non-hydrogen) atoms. The molecule has 0 radical (unpaired) electrons. The molecule has 1 aliphatic carbocycles. The Morgan fingerprint density at radius 3 is 2.71 bits per heavy atom. The molecule has 0 saturated heterocycles. The molecule has 0 amide bonds. The summed E-state index contributed by atoms with van der Waals surface area (Å²) >= 11 is 0. The summed E-state index contributed by atoms with van der Waals surface area (Å²) in [6.45, 7) is 0. The number of anilines is 1. The highest BCUT2D eigenvalue weighted by molar-refractivity contribution is 5.69. The second kappa shape index (κ2) is 4.20. The van der Waals surface area contributed by atoms with E-state index in [1.165, 1.54) is 25.7 Å². The lowest BCUT2D eigenvalue weighted by molar-refractivity contribution is 0.416. The van der Waals surface area contributed by atoms with Crippen LogP contribution in [0.25, 0.3) is 11.5 Å². The fourth-order valence-corrected chi connectivity index (χ4v) is 2.39. The van der Waals surface area contributed by atoms with Crippen molar-refractivity contribution in [1.82, 2.24) is 10.1 Å². The number of nitrogen functional groups attached to an aromatic ring is 1. The molecule has 1 fully saturated rings. The molecule has 3 rings (SSSR count). The summed E-state index contributed by atoms with van der Waals surface area (Å²) in [5, 5.41) is 4.07. The Labute approximate surface area is 99.8 Å². The van der Waals surface area contributed by atoms with Gasteiger partial charge in [0.05, 0.1) is 5.56 Å². The van der Waals surface area contributed by atoms with Crippen LogP contribution in [0.15, 0.2) is 28.8 Å². The first-order valence-corrected chi connectivity index (χ1v) is 6.03. The fraction of sp³-hybridized carbons (Fsp3) is 0.385. The molecular formula is C13H15N3O. The Hall–Kier alpha value is -1.84. The Balaban J connectivity index is 1.92. The van der Waals surface area contributed by atoms with Gasteiger partial charge in [-0.1, -0.05) is 30.1 Å². The van der Waals surface area contributed by atoms with Crippen molar-refractivity contribution in [1.29, 1.82) is 0 Å². The number of benzene rings is 1. The van der Waals surface area contributed by atoms with Crippen molar-refractivity contribution in [3.05, 3.63) is 30.1 Å². The van der Waals surface area contributed by atoms with Gasteiger partial charge in [0.2, 0.25) is 0 Å². The van der Waals surface area contributed by atoms with Crippen molar-refractivity contribution in [2.24, 2.45) is 0 Å². The molecule has 88 valence electrons. The van der Waals surface area contributed by atoms with E-state index in [2.05, 4.69) is 10.1 Å². The van der Waals surface area contributed by atoms with Gasteiger partial charge in [-0.15, -0.1) is 0 Å². The highest BCUT2D eigenvalue weighted by Crippen LogP contribution is 2.33. The maximum atomic E-state index is 5.89. The molecule has 0 atom stereocenters. The van der Waals surface area contributed by atoms with Crippen molar-refractivity contribution >= 4 is 5.69 Å². The van der Waals surface area contributed by atoms with E-state index in [-0.39, 0.29) is 0 Å². The summed E-state index contributed by atoms with van der Waals surface area (Å²) in [6.07, 6.45) is 4.87. The molecular weight excluding hydrogens is 214 g/mol. The minimum absolute atomic E-state index is 0.470. The average Bonchev–Trinajstić information content (AvgIpc) is 3.00. The van der Waals surface area contributed by atoms with Crippen LogP contribution >= 0.6 is 0 Å². The summed E-state index contributed by atoms with van der Waals surface area (Å²) in [5.41, 5.74) is 7.39. The topological polar surface area (TPSA) is 64.9 Å². The highest BCUT2D eigenvalue weighted by Gasteiger charge is 2.22. The van der Waals surface area contributed by atoms with Gasteiger partial charge < -0.3 is 10.3 Å². The van der Waals surface area contributed by atoms with Gasteiger partial charge in [-0.2, -0.15) is 4.98 Å². The predicted octanol–water partition coefficient (Wildman–Crippen LogP) is 2.98. The zero-order valence-electron chi connectivity index (χ0n) is 9.60. The molecule has 1 aromatic carbocycles. The van der Waals surface area contributed by atoms with E-state index in [4.69, 9.17) is 10.3 Å². The number of para-hydroxylation sites is 1. The molecule has 0 unspecified atom stereocenters. The van der Waals surface area contributed by atoms with Gasteiger partial charge in [0.1, 0.15) is 0 Å². The summed E-state index contributed by atoms with van der Waals surface area (Å²) in [7, 11) is 0. The van der Waals surface area contributed by atoms with Crippen LogP contribution in [0, 0.1) is 0 Å². The number of nitrogens with zero attached hydrogens (tertiary/aromatic N) is 2. The molecule has 4 heteroatoms. The minimum atomic E-state index is 0.470. The standard InChI is InChI=1S/C13H15N3O/c14-11-8-4-3-7-10(11)13-15-12(16-17-13)9-5-1-2-6-9/h3-4,7-9H,1-2,5-6,14H2. The first kappa shape index (κ1) is 10.3. The molecule has 1 aromatic heterocycles. The Morgan fingerprint density at radius 2 is 1.94 bits per heavy atom. The number of hydrogen-bond donors (Lipinski definition) is 1. The minimum Gasteiger partial charge on any atom is -0.398 e. The smallest absolute Gasteiger partial charge is 0.260 e. The number of hydrogen-bond acceptors (Lipinski definition) is 4. The molecule has 0 spiro atoms. The SMILES string of the molecule is Nc1ccccc1-c1nc(C2CCCC2)no1. The zero-order chi connectivity index (χ0) is 11.7. The van der Waals surface area contributed by atoms with Gasteiger partial charge in [0, 0.05) is 11.6 Å². The molecule has 0 bridgehead atoms. The Kier molecular flexibility index (Phi) is 2.55. The number of aromatic nitrogens is 2. The van der Waals surface area contributed by atoms with Gasteiger partial charge in [-0.3, -0.25) is 0 Å². The Bertz CT molecular complexity index is 515. The van der Waals surface area contributed by atoms with Crippen LogP contribution in [0.3, 0.4) is 0 Å². The van der Waals surface area contributed by atoms with E-state index in [0.29, 0.717) is 17.5 Å². The third-order valence-corrected chi connectivity index (χ3v) is 3.35. The van der Waals surface area contributed by atoms with E-state index >= 15 is 0 Å². The van der Waals surface area contributed by atoms with E-state index in [1.54, 1.807) is 0 Å². The van der Waals surface area contributed by atoms with Crippen LogP contribution in [0.5, 0.6) is 0 Å². The monoisotopic (exact) mass is 229 g/mol. The van der Waals surface area contributed by atoms with Crippen LogP contribution < -0.4 is 5.73 Å².